The quantitative estimate of drug-likeness (QED) is 0.134. The van der Waals surface area contributed by atoms with Crippen molar-refractivity contribution in [2.75, 3.05) is 38.7 Å². The Balaban J connectivity index is 1.48. The molecular weight excluding hydrogens is 526 g/mol. The predicted molar refractivity (Wildman–Crippen MR) is 131 cm³/mol. The lowest BCUT2D eigenvalue weighted by Crippen LogP contribution is -2.71. The summed E-state index contributed by atoms with van der Waals surface area (Å²) >= 11 is 2.14. The van der Waals surface area contributed by atoms with Gasteiger partial charge in [-0.1, -0.05) is 11.2 Å². The maximum atomic E-state index is 12.9. The number of carboxylic acids is 2. The van der Waals surface area contributed by atoms with Crippen LogP contribution in [0.3, 0.4) is 0 Å². The van der Waals surface area contributed by atoms with Gasteiger partial charge in [0.05, 0.1) is 31.8 Å². The van der Waals surface area contributed by atoms with E-state index in [-0.39, 0.29) is 28.1 Å². The number of quaternary nitrogens is 1. The van der Waals surface area contributed by atoms with Crippen molar-refractivity contribution < 1.29 is 38.7 Å². The molecule has 3 aliphatic heterocycles. The highest BCUT2D eigenvalue weighted by Crippen LogP contribution is 2.40. The number of likely N-dealkylation sites (N-methyl/N-ethyl adjacent to an activating group) is 1. The average Bonchev–Trinajstić information content (AvgIpc) is 3.45. The minimum absolute atomic E-state index is 0.0657. The fraction of sp³-hybridized carbons (Fsp3) is 0.476. The Morgan fingerprint density at radius 3 is 2.81 bits per heavy atom. The topological polar surface area (TPSA) is 200 Å². The van der Waals surface area contributed by atoms with Crippen molar-refractivity contribution >= 4 is 57.9 Å². The fourth-order valence-electron chi connectivity index (χ4n) is 4.73. The van der Waals surface area contributed by atoms with E-state index in [4.69, 9.17) is 10.6 Å². The maximum Gasteiger partial charge on any atom is 0.362 e. The van der Waals surface area contributed by atoms with Gasteiger partial charge in [0.15, 0.2) is 11.2 Å². The number of nitrogen functional groups attached to an aromatic ring is 1. The second-order valence-corrected chi connectivity index (χ2v) is 10.8. The molecule has 0 saturated carbocycles. The van der Waals surface area contributed by atoms with Gasteiger partial charge in [0.2, 0.25) is 11.5 Å². The van der Waals surface area contributed by atoms with Gasteiger partial charge in [0, 0.05) is 30.1 Å². The Labute approximate surface area is 219 Å². The van der Waals surface area contributed by atoms with Gasteiger partial charge in [-0.3, -0.25) is 14.5 Å². The first-order chi connectivity index (χ1) is 17.6. The molecule has 2 amide bonds. The highest BCUT2D eigenvalue weighted by Gasteiger charge is 2.53. The lowest BCUT2D eigenvalue weighted by Gasteiger charge is -2.50. The van der Waals surface area contributed by atoms with Gasteiger partial charge >= 0.3 is 5.97 Å². The SMILES string of the molecule is CO/N=C(\C(=O)N[C@@H]1C(=O)N2C(C(=O)[O-])=C(/C=C/C[N+]3(C)CCC[C@H]3C(=O)O)CS[C@@H]12)c1nsc(N)n1. The molecule has 0 aromatic carbocycles. The third-order valence-electron chi connectivity index (χ3n) is 6.55. The molecule has 4 N–H and O–H groups in total. The second-order valence-electron chi connectivity index (χ2n) is 8.89. The molecule has 37 heavy (non-hydrogen) atoms. The summed E-state index contributed by atoms with van der Waals surface area (Å²) in [5.41, 5.74) is 5.40. The summed E-state index contributed by atoms with van der Waals surface area (Å²) in [5.74, 6) is -3.59. The number of carboxylic acid groups (broad SMARTS) is 2. The van der Waals surface area contributed by atoms with E-state index >= 15 is 0 Å². The van der Waals surface area contributed by atoms with Crippen LogP contribution in [0.1, 0.15) is 18.7 Å². The highest BCUT2D eigenvalue weighted by molar-refractivity contribution is 8.00. The van der Waals surface area contributed by atoms with Crippen molar-refractivity contribution in [3.63, 3.8) is 0 Å². The Hall–Kier alpha value is -3.50. The molecule has 1 aromatic rings. The average molecular weight is 552 g/mol. The molecule has 1 unspecified atom stereocenters. The van der Waals surface area contributed by atoms with Crippen LogP contribution < -0.4 is 16.2 Å². The number of nitrogens with zero attached hydrogens (tertiary/aromatic N) is 5. The van der Waals surface area contributed by atoms with E-state index in [1.807, 2.05) is 7.05 Å². The smallest absolute Gasteiger partial charge is 0.362 e. The zero-order valence-corrected chi connectivity index (χ0v) is 21.6. The third-order valence-corrected chi connectivity index (χ3v) is 8.40. The fourth-order valence-corrected chi connectivity index (χ4v) is 6.49. The molecule has 4 heterocycles. The van der Waals surface area contributed by atoms with Crippen molar-refractivity contribution in [2.45, 2.75) is 30.3 Å². The summed E-state index contributed by atoms with van der Waals surface area (Å²) in [6, 6.07) is -1.53. The lowest BCUT2D eigenvalue weighted by atomic mass is 10.0. The van der Waals surface area contributed by atoms with Crippen LogP contribution in [0.5, 0.6) is 0 Å². The van der Waals surface area contributed by atoms with Crippen LogP contribution in [0.15, 0.2) is 28.6 Å². The van der Waals surface area contributed by atoms with Crippen molar-refractivity contribution in [1.82, 2.24) is 19.6 Å². The van der Waals surface area contributed by atoms with Crippen LogP contribution in [-0.2, 0) is 24.0 Å². The largest absolute Gasteiger partial charge is 0.543 e. The Morgan fingerprint density at radius 1 is 1.43 bits per heavy atom. The first-order valence-corrected chi connectivity index (χ1v) is 13.0. The summed E-state index contributed by atoms with van der Waals surface area (Å²) in [7, 11) is 3.09. The van der Waals surface area contributed by atoms with E-state index in [0.717, 1.165) is 22.9 Å². The van der Waals surface area contributed by atoms with E-state index < -0.39 is 41.2 Å². The standard InChI is InChI=1S/C21H25N7O7S2/c1-28(8-4-6-11(28)19(31)32)7-3-5-10-9-36-18-13(17(30)27(18)14(10)20(33)34)23-16(29)12(25-35-2)15-24-21(22)37-26-15/h3,5,11,13,18H,4,6-9H2,1-2H3,(H4-,22,23,24,26,29,31,32,33,34)/b5-3+,25-12-/t11-,13+,18-,28?/m0/s1. The van der Waals surface area contributed by atoms with Crippen molar-refractivity contribution in [1.29, 1.82) is 0 Å². The van der Waals surface area contributed by atoms with Crippen molar-refractivity contribution in [2.24, 2.45) is 5.16 Å². The molecule has 3 aliphatic rings. The lowest BCUT2D eigenvalue weighted by molar-refractivity contribution is -0.907. The molecule has 0 radical (unpaired) electrons. The van der Waals surface area contributed by atoms with Gasteiger partial charge in [-0.2, -0.15) is 9.36 Å². The molecule has 198 valence electrons. The number of oxime groups is 1. The van der Waals surface area contributed by atoms with Crippen molar-refractivity contribution in [3.05, 3.63) is 29.2 Å². The van der Waals surface area contributed by atoms with E-state index in [1.165, 1.54) is 18.9 Å². The molecule has 0 spiro atoms. The minimum Gasteiger partial charge on any atom is -0.543 e. The van der Waals surface area contributed by atoms with Gasteiger partial charge in [-0.05, 0) is 11.6 Å². The summed E-state index contributed by atoms with van der Waals surface area (Å²) in [4.78, 5) is 59.0. The number of aliphatic carboxylic acids is 2. The van der Waals surface area contributed by atoms with Crippen LogP contribution in [0.4, 0.5) is 5.13 Å². The number of hydrogen-bond acceptors (Lipinski definition) is 12. The van der Waals surface area contributed by atoms with Gasteiger partial charge in [-0.15, -0.1) is 11.8 Å². The maximum absolute atomic E-state index is 12.9. The van der Waals surface area contributed by atoms with Crippen LogP contribution in [0, 0.1) is 0 Å². The van der Waals surface area contributed by atoms with Gasteiger partial charge in [-0.25, -0.2) is 4.79 Å². The summed E-state index contributed by atoms with van der Waals surface area (Å²) in [5, 5.41) is 27.1. The number of carbonyl (C=O) groups excluding carboxylic acids is 3. The Morgan fingerprint density at radius 2 is 2.19 bits per heavy atom. The Bertz CT molecular complexity index is 1230. The number of carbonyl (C=O) groups is 4. The van der Waals surface area contributed by atoms with Gasteiger partial charge in [0.25, 0.3) is 11.8 Å². The molecule has 2 fully saturated rings. The summed E-state index contributed by atoms with van der Waals surface area (Å²) in [6.07, 6.45) is 4.73. The van der Waals surface area contributed by atoms with E-state index in [9.17, 15) is 29.4 Å². The number of aromatic nitrogens is 2. The number of hydrogen-bond donors (Lipinski definition) is 3. The zero-order chi connectivity index (χ0) is 26.9. The first kappa shape index (κ1) is 26.6. The first-order valence-electron chi connectivity index (χ1n) is 11.2. The predicted octanol–water partition coefficient (Wildman–Crippen LogP) is -1.88. The van der Waals surface area contributed by atoms with E-state index in [2.05, 4.69) is 19.8 Å². The number of anilines is 1. The Kier molecular flexibility index (Phi) is 7.52. The van der Waals surface area contributed by atoms with Gasteiger partial charge in [0.1, 0.15) is 18.5 Å². The van der Waals surface area contributed by atoms with Crippen molar-refractivity contribution in [3.8, 4) is 0 Å². The molecule has 14 nitrogen and oxygen atoms in total. The van der Waals surface area contributed by atoms with Crippen LogP contribution >= 0.6 is 23.3 Å². The number of thioether (sulfide) groups is 1. The number of fused-ring (bicyclic) bond motifs is 1. The molecule has 1 aromatic heterocycles. The number of likely N-dealkylation sites (tertiary alicyclic amines) is 1. The number of nitrogens with one attached hydrogen (secondary N) is 1. The molecule has 4 rings (SSSR count). The monoisotopic (exact) mass is 551 g/mol. The van der Waals surface area contributed by atoms with E-state index in [0.29, 0.717) is 29.6 Å². The second kappa shape index (κ2) is 10.5. The summed E-state index contributed by atoms with van der Waals surface area (Å²) in [6.45, 7) is 1.10. The number of nitrogens with two attached hydrogens (primary N) is 1. The van der Waals surface area contributed by atoms with Gasteiger partial charge < -0.3 is 35.4 Å². The van der Waals surface area contributed by atoms with Crippen LogP contribution in [-0.4, -0.2) is 104 Å². The molecule has 4 atom stereocenters. The summed E-state index contributed by atoms with van der Waals surface area (Å²) < 4.78 is 4.24. The number of β-lactam (4-membered cyclic amide) rings is 1. The molecular formula is C21H25N7O7S2. The molecule has 16 heteroatoms. The minimum atomic E-state index is -1.52. The molecule has 0 aliphatic carbocycles. The number of rotatable bonds is 9. The number of amides is 2. The van der Waals surface area contributed by atoms with Crippen LogP contribution in [0.2, 0.25) is 0 Å². The third kappa shape index (κ3) is 5.03. The zero-order valence-electron chi connectivity index (χ0n) is 19.9. The highest BCUT2D eigenvalue weighted by atomic mass is 32.2. The molecule has 0 bridgehead atoms. The van der Waals surface area contributed by atoms with Crippen LogP contribution in [0.25, 0.3) is 0 Å². The molecule has 2 saturated heterocycles. The number of allylic oxidation sites excluding steroid dienone is 1. The van der Waals surface area contributed by atoms with E-state index in [1.54, 1.807) is 12.2 Å². The normalized spacial score (nSPS) is 27.7.